The lowest BCUT2D eigenvalue weighted by atomic mass is 10.1. The largest absolute Gasteiger partial charge is 0.507 e. The van der Waals surface area contributed by atoms with Gasteiger partial charge in [-0.1, -0.05) is 40.0 Å². The zero-order valence-corrected chi connectivity index (χ0v) is 26.8. The monoisotopic (exact) mass is 620 g/mol. The molecule has 11 heteroatoms. The highest BCUT2D eigenvalue weighted by atomic mass is 31.2. The van der Waals surface area contributed by atoms with Crippen LogP contribution in [0.2, 0.25) is 0 Å². The molecule has 0 aliphatic heterocycles. The summed E-state index contributed by atoms with van der Waals surface area (Å²) in [5.74, 6) is 0.958. The molecular formula is C32H45O10P. The molecule has 3 aromatic rings. The fourth-order valence-electron chi connectivity index (χ4n) is 4.18. The first-order valence-corrected chi connectivity index (χ1v) is 16.9. The molecule has 0 atom stereocenters. The summed E-state index contributed by atoms with van der Waals surface area (Å²) in [4.78, 5) is 13.7. The molecule has 10 nitrogen and oxygen atoms in total. The summed E-state index contributed by atoms with van der Waals surface area (Å²) in [7, 11) is -3.53. The zero-order chi connectivity index (χ0) is 31.2. The molecule has 0 spiro atoms. The number of benzene rings is 2. The van der Waals surface area contributed by atoms with E-state index < -0.39 is 13.0 Å². The molecule has 238 valence electrons. The van der Waals surface area contributed by atoms with Crippen LogP contribution in [0.25, 0.3) is 22.3 Å². The van der Waals surface area contributed by atoms with E-state index >= 15 is 0 Å². The fraction of sp³-hybridized carbons (Fsp3) is 0.531. The quantitative estimate of drug-likeness (QED) is 0.0974. The number of phenols is 1. The van der Waals surface area contributed by atoms with Gasteiger partial charge in [-0.05, 0) is 51.3 Å². The van der Waals surface area contributed by atoms with Gasteiger partial charge in [0.2, 0.25) is 11.2 Å². The predicted molar refractivity (Wildman–Crippen MR) is 167 cm³/mol. The number of phenolic OH excluding ortho intramolecular Hbond substituents is 1. The minimum atomic E-state index is -3.53. The van der Waals surface area contributed by atoms with Crippen molar-refractivity contribution in [3.63, 3.8) is 0 Å². The number of aromatic hydroxyl groups is 1. The fourth-order valence-corrected chi connectivity index (χ4v) is 5.48. The van der Waals surface area contributed by atoms with Crippen LogP contribution < -0.4 is 24.4 Å². The van der Waals surface area contributed by atoms with Crippen LogP contribution in [-0.2, 0) is 13.6 Å². The molecule has 3 rings (SSSR count). The van der Waals surface area contributed by atoms with Gasteiger partial charge in [-0.15, -0.1) is 0 Å². The summed E-state index contributed by atoms with van der Waals surface area (Å²) < 4.78 is 53.9. The van der Waals surface area contributed by atoms with Gasteiger partial charge in [0.15, 0.2) is 23.6 Å². The van der Waals surface area contributed by atoms with Crippen LogP contribution in [0.1, 0.15) is 73.1 Å². The van der Waals surface area contributed by atoms with Crippen LogP contribution >= 0.6 is 7.60 Å². The zero-order valence-electron chi connectivity index (χ0n) is 25.9. The Hall–Kier alpha value is -3.20. The van der Waals surface area contributed by atoms with Gasteiger partial charge >= 0.3 is 7.60 Å². The Morgan fingerprint density at radius 2 is 1.40 bits per heavy atom. The molecule has 0 amide bonds. The highest BCUT2D eigenvalue weighted by Gasteiger charge is 2.27. The number of unbranched alkanes of at least 4 members (excludes halogenated alkanes) is 3. The second-order valence-electron chi connectivity index (χ2n) is 9.89. The van der Waals surface area contributed by atoms with Gasteiger partial charge in [-0.25, -0.2) is 0 Å². The van der Waals surface area contributed by atoms with Crippen LogP contribution in [0.4, 0.5) is 0 Å². The predicted octanol–water partition coefficient (Wildman–Crippen LogP) is 8.30. The van der Waals surface area contributed by atoms with E-state index in [0.717, 1.165) is 38.5 Å². The minimum absolute atomic E-state index is 0.00319. The topological polar surface area (TPSA) is 123 Å². The maximum absolute atomic E-state index is 13.7. The molecule has 1 aromatic heterocycles. The van der Waals surface area contributed by atoms with Crippen molar-refractivity contribution < 1.29 is 42.1 Å². The molecule has 0 aliphatic rings. The van der Waals surface area contributed by atoms with Gasteiger partial charge in [-0.2, -0.15) is 0 Å². The van der Waals surface area contributed by atoms with E-state index in [1.165, 1.54) is 6.07 Å². The lowest BCUT2D eigenvalue weighted by Crippen LogP contribution is -2.12. The summed E-state index contributed by atoms with van der Waals surface area (Å²) in [6.45, 7) is 11.2. The molecule has 0 bridgehead atoms. The van der Waals surface area contributed by atoms with Crippen molar-refractivity contribution in [2.24, 2.45) is 0 Å². The first kappa shape index (κ1) is 34.3. The van der Waals surface area contributed by atoms with E-state index in [1.54, 1.807) is 38.1 Å². The standard InChI is InChI=1S/C32H45O10P/c1-6-11-16-36-24-20-25(33)29-28(21-24)42-31(32(30(29)34)38-18-13-8-3)23-14-15-26(37-17-12-7-2)27(19-23)39-22-43(35,40-9-4)41-10-5/h14-15,19-21,33H,6-13,16-18,22H2,1-5H3. The Morgan fingerprint density at radius 3 is 2.02 bits per heavy atom. The Morgan fingerprint density at radius 1 is 0.767 bits per heavy atom. The molecule has 1 N–H and O–H groups in total. The van der Waals surface area contributed by atoms with Crippen LogP contribution in [0, 0.1) is 0 Å². The Kier molecular flexibility index (Phi) is 13.7. The van der Waals surface area contributed by atoms with Crippen molar-refractivity contribution in [2.45, 2.75) is 73.1 Å². The molecule has 0 saturated heterocycles. The SMILES string of the molecule is CCCCOc1cc(O)c2c(=O)c(OCCCC)c(-c3ccc(OCCCC)c(OCP(=O)(OCC)OCC)c3)oc2c1. The number of ether oxygens (including phenoxy) is 4. The van der Waals surface area contributed by atoms with E-state index in [1.807, 2.05) is 6.92 Å². The lowest BCUT2D eigenvalue weighted by molar-refractivity contribution is 0.194. The van der Waals surface area contributed by atoms with Crippen molar-refractivity contribution in [1.82, 2.24) is 0 Å². The van der Waals surface area contributed by atoms with E-state index in [2.05, 4.69) is 13.8 Å². The smallest absolute Gasteiger partial charge is 0.367 e. The van der Waals surface area contributed by atoms with Crippen molar-refractivity contribution >= 4 is 18.6 Å². The van der Waals surface area contributed by atoms with Crippen LogP contribution in [0.3, 0.4) is 0 Å². The number of hydrogen-bond donors (Lipinski definition) is 1. The number of hydrogen-bond acceptors (Lipinski definition) is 10. The Bertz CT molecular complexity index is 1410. The van der Waals surface area contributed by atoms with Crippen LogP contribution in [0.15, 0.2) is 39.5 Å². The first-order chi connectivity index (χ1) is 20.8. The Balaban J connectivity index is 2.14. The van der Waals surface area contributed by atoms with E-state index in [9.17, 15) is 14.5 Å². The second-order valence-corrected chi connectivity index (χ2v) is 11.9. The van der Waals surface area contributed by atoms with E-state index in [0.29, 0.717) is 30.3 Å². The van der Waals surface area contributed by atoms with Crippen molar-refractivity contribution in [3.8, 4) is 40.1 Å². The van der Waals surface area contributed by atoms with Crippen molar-refractivity contribution in [1.29, 1.82) is 0 Å². The molecule has 43 heavy (non-hydrogen) atoms. The van der Waals surface area contributed by atoms with Gasteiger partial charge in [0.25, 0.3) is 0 Å². The molecule has 0 aliphatic carbocycles. The molecule has 0 radical (unpaired) electrons. The summed E-state index contributed by atoms with van der Waals surface area (Å²) in [6.07, 6.45) is 4.80. The summed E-state index contributed by atoms with van der Waals surface area (Å²) in [6, 6.07) is 8.08. The van der Waals surface area contributed by atoms with Gasteiger partial charge in [0.1, 0.15) is 22.5 Å². The maximum Gasteiger partial charge on any atom is 0.367 e. The average molecular weight is 621 g/mol. The van der Waals surface area contributed by atoms with Crippen LogP contribution in [-0.4, -0.2) is 44.5 Å². The summed E-state index contributed by atoms with van der Waals surface area (Å²) in [5, 5.41) is 10.8. The average Bonchev–Trinajstić information content (AvgIpc) is 2.98. The highest BCUT2D eigenvalue weighted by molar-refractivity contribution is 7.53. The van der Waals surface area contributed by atoms with Gasteiger partial charge in [0.05, 0.1) is 33.0 Å². The second kappa shape index (κ2) is 17.2. The van der Waals surface area contributed by atoms with Gasteiger partial charge in [-0.3, -0.25) is 9.36 Å². The summed E-state index contributed by atoms with van der Waals surface area (Å²) >= 11 is 0. The lowest BCUT2D eigenvalue weighted by Gasteiger charge is -2.19. The van der Waals surface area contributed by atoms with Crippen molar-refractivity contribution in [2.75, 3.05) is 39.4 Å². The van der Waals surface area contributed by atoms with E-state index in [-0.39, 0.29) is 60.1 Å². The molecule has 0 fully saturated rings. The number of fused-ring (bicyclic) bond motifs is 1. The third-order valence-corrected chi connectivity index (χ3v) is 8.16. The van der Waals surface area contributed by atoms with Crippen molar-refractivity contribution in [3.05, 3.63) is 40.6 Å². The molecule has 1 heterocycles. The highest BCUT2D eigenvalue weighted by Crippen LogP contribution is 2.49. The third-order valence-electron chi connectivity index (χ3n) is 6.41. The first-order valence-electron chi connectivity index (χ1n) is 15.2. The van der Waals surface area contributed by atoms with E-state index in [4.69, 9.17) is 32.4 Å². The van der Waals surface area contributed by atoms with Gasteiger partial charge < -0.3 is 37.5 Å². The maximum atomic E-state index is 13.7. The Labute approximate surface area is 253 Å². The molecule has 2 aromatic carbocycles. The minimum Gasteiger partial charge on any atom is -0.507 e. The third kappa shape index (κ3) is 9.39. The molecular weight excluding hydrogens is 575 g/mol. The van der Waals surface area contributed by atoms with Crippen LogP contribution in [0.5, 0.6) is 28.7 Å². The molecule has 0 saturated carbocycles. The molecule has 0 unspecified atom stereocenters. The summed E-state index contributed by atoms with van der Waals surface area (Å²) in [5.41, 5.74) is 0.105. The number of rotatable bonds is 20. The van der Waals surface area contributed by atoms with Gasteiger partial charge in [0, 0.05) is 17.7 Å². The normalized spacial score (nSPS) is 11.6.